The van der Waals surface area contributed by atoms with Gasteiger partial charge < -0.3 is 19.3 Å². The van der Waals surface area contributed by atoms with Crippen LogP contribution in [0, 0.1) is 5.92 Å². The Hall–Kier alpha value is -3.02. The van der Waals surface area contributed by atoms with Gasteiger partial charge in [-0.1, -0.05) is 18.2 Å². The quantitative estimate of drug-likeness (QED) is 0.821. The fourth-order valence-electron chi connectivity index (χ4n) is 4.11. The highest BCUT2D eigenvalue weighted by atomic mass is 16.6. The van der Waals surface area contributed by atoms with Crippen LogP contribution in [0.25, 0.3) is 0 Å². The van der Waals surface area contributed by atoms with E-state index >= 15 is 0 Å². The largest absolute Gasteiger partial charge is 0.486 e. The molecule has 1 saturated heterocycles. The lowest BCUT2D eigenvalue weighted by atomic mass is 10.1. The van der Waals surface area contributed by atoms with E-state index in [1.165, 1.54) is 5.56 Å². The van der Waals surface area contributed by atoms with E-state index in [-0.39, 0.29) is 24.2 Å². The van der Waals surface area contributed by atoms with Gasteiger partial charge in [-0.3, -0.25) is 9.59 Å². The Bertz CT molecular complexity index is 926. The molecule has 2 amide bonds. The summed E-state index contributed by atoms with van der Waals surface area (Å²) in [4.78, 5) is 29.2. The molecule has 0 N–H and O–H groups in total. The minimum absolute atomic E-state index is 0.0301. The van der Waals surface area contributed by atoms with Gasteiger partial charge in [0.15, 0.2) is 11.5 Å². The van der Waals surface area contributed by atoms with Crippen molar-refractivity contribution in [2.75, 3.05) is 36.1 Å². The van der Waals surface area contributed by atoms with Crippen LogP contribution in [0.4, 0.5) is 11.4 Å². The number of ether oxygens (including phenoxy) is 2. The van der Waals surface area contributed by atoms with Crippen molar-refractivity contribution in [1.29, 1.82) is 0 Å². The lowest BCUT2D eigenvalue weighted by molar-refractivity contribution is -0.124. The Balaban J connectivity index is 1.36. The third-order valence-electron chi connectivity index (χ3n) is 5.46. The van der Waals surface area contributed by atoms with Crippen LogP contribution in [0.3, 0.4) is 0 Å². The Kier molecular flexibility index (Phi) is 3.77. The highest BCUT2D eigenvalue weighted by Crippen LogP contribution is 2.37. The van der Waals surface area contributed by atoms with E-state index in [1.54, 1.807) is 4.90 Å². The monoisotopic (exact) mass is 364 g/mol. The van der Waals surface area contributed by atoms with Crippen molar-refractivity contribution in [2.24, 2.45) is 5.92 Å². The maximum absolute atomic E-state index is 13.1. The first-order valence-electron chi connectivity index (χ1n) is 9.30. The summed E-state index contributed by atoms with van der Waals surface area (Å²) in [6, 6.07) is 13.5. The van der Waals surface area contributed by atoms with Gasteiger partial charge in [0.1, 0.15) is 13.2 Å². The molecular weight excluding hydrogens is 344 g/mol. The predicted octanol–water partition coefficient (Wildman–Crippen LogP) is 2.40. The number of hydrogen-bond acceptors (Lipinski definition) is 4. The van der Waals surface area contributed by atoms with E-state index in [4.69, 9.17) is 9.47 Å². The predicted molar refractivity (Wildman–Crippen MR) is 100 cm³/mol. The van der Waals surface area contributed by atoms with Gasteiger partial charge in [-0.15, -0.1) is 0 Å². The van der Waals surface area contributed by atoms with Gasteiger partial charge in [0.05, 0.1) is 5.92 Å². The zero-order valence-corrected chi connectivity index (χ0v) is 14.9. The standard InChI is InChI=1S/C21H20N2O4/c24-20-11-15(21(25)22-8-7-14-3-1-2-4-17(14)22)13-23(20)16-5-6-18-19(12-16)27-10-9-26-18/h1-6,12,15H,7-11,13H2/t15-/m1/s1. The fraction of sp³-hybridized carbons (Fsp3) is 0.333. The van der Waals surface area contributed by atoms with E-state index in [2.05, 4.69) is 6.07 Å². The molecule has 6 heteroatoms. The molecule has 27 heavy (non-hydrogen) atoms. The van der Waals surface area contributed by atoms with Crippen LogP contribution >= 0.6 is 0 Å². The third-order valence-corrected chi connectivity index (χ3v) is 5.46. The van der Waals surface area contributed by atoms with Crippen molar-refractivity contribution in [1.82, 2.24) is 0 Å². The molecule has 0 saturated carbocycles. The van der Waals surface area contributed by atoms with E-state index < -0.39 is 0 Å². The molecule has 2 aromatic carbocycles. The second-order valence-electron chi connectivity index (χ2n) is 7.10. The molecule has 0 aliphatic carbocycles. The maximum Gasteiger partial charge on any atom is 0.232 e. The summed E-state index contributed by atoms with van der Waals surface area (Å²) in [5.41, 5.74) is 2.92. The molecule has 3 aliphatic rings. The van der Waals surface area contributed by atoms with Crippen LogP contribution in [0.5, 0.6) is 11.5 Å². The average Bonchev–Trinajstić information content (AvgIpc) is 3.31. The average molecular weight is 364 g/mol. The highest BCUT2D eigenvalue weighted by Gasteiger charge is 2.39. The molecule has 5 rings (SSSR count). The van der Waals surface area contributed by atoms with Gasteiger partial charge in [-0.05, 0) is 30.2 Å². The Morgan fingerprint density at radius 3 is 2.74 bits per heavy atom. The van der Waals surface area contributed by atoms with Crippen LogP contribution in [0.15, 0.2) is 42.5 Å². The van der Waals surface area contributed by atoms with Crippen molar-refractivity contribution in [3.63, 3.8) is 0 Å². The van der Waals surface area contributed by atoms with Crippen LogP contribution in [-0.2, 0) is 16.0 Å². The molecule has 3 heterocycles. The number of carbonyl (C=O) groups excluding carboxylic acids is 2. The molecular formula is C21H20N2O4. The number of fused-ring (bicyclic) bond motifs is 2. The topological polar surface area (TPSA) is 59.1 Å². The number of benzene rings is 2. The Morgan fingerprint density at radius 2 is 1.85 bits per heavy atom. The molecule has 3 aliphatic heterocycles. The summed E-state index contributed by atoms with van der Waals surface area (Å²) >= 11 is 0. The lowest BCUT2D eigenvalue weighted by Gasteiger charge is -2.23. The maximum atomic E-state index is 13.1. The minimum Gasteiger partial charge on any atom is -0.486 e. The van der Waals surface area contributed by atoms with Gasteiger partial charge in [0.2, 0.25) is 11.8 Å². The van der Waals surface area contributed by atoms with Crippen LogP contribution in [-0.4, -0.2) is 38.1 Å². The number of amides is 2. The molecule has 0 unspecified atom stereocenters. The van der Waals surface area contributed by atoms with Crippen molar-refractivity contribution in [3.05, 3.63) is 48.0 Å². The Labute approximate surface area is 157 Å². The number of rotatable bonds is 2. The van der Waals surface area contributed by atoms with Gasteiger partial charge in [-0.2, -0.15) is 0 Å². The highest BCUT2D eigenvalue weighted by molar-refractivity contribution is 6.05. The summed E-state index contributed by atoms with van der Waals surface area (Å²) in [7, 11) is 0. The smallest absolute Gasteiger partial charge is 0.232 e. The molecule has 1 fully saturated rings. The van der Waals surface area contributed by atoms with Crippen LogP contribution in [0.1, 0.15) is 12.0 Å². The molecule has 0 bridgehead atoms. The molecule has 138 valence electrons. The number of hydrogen-bond donors (Lipinski definition) is 0. The fourth-order valence-corrected chi connectivity index (χ4v) is 4.11. The van der Waals surface area contributed by atoms with Crippen LogP contribution in [0.2, 0.25) is 0 Å². The van der Waals surface area contributed by atoms with Crippen molar-refractivity contribution in [3.8, 4) is 11.5 Å². The first-order valence-corrected chi connectivity index (χ1v) is 9.30. The van der Waals surface area contributed by atoms with Gasteiger partial charge >= 0.3 is 0 Å². The Morgan fingerprint density at radius 1 is 1.04 bits per heavy atom. The number of nitrogens with zero attached hydrogens (tertiary/aromatic N) is 2. The van der Waals surface area contributed by atoms with Crippen molar-refractivity contribution in [2.45, 2.75) is 12.8 Å². The normalized spacial score (nSPS) is 20.7. The molecule has 1 atom stereocenters. The second-order valence-corrected chi connectivity index (χ2v) is 7.10. The van der Waals surface area contributed by atoms with Crippen LogP contribution < -0.4 is 19.3 Å². The molecule has 2 aromatic rings. The summed E-state index contributed by atoms with van der Waals surface area (Å²) in [5, 5.41) is 0. The summed E-state index contributed by atoms with van der Waals surface area (Å²) in [6.07, 6.45) is 1.11. The van der Waals surface area contributed by atoms with Crippen molar-refractivity contribution < 1.29 is 19.1 Å². The van der Waals surface area contributed by atoms with Crippen molar-refractivity contribution >= 4 is 23.2 Å². The second kappa shape index (κ2) is 6.30. The summed E-state index contributed by atoms with van der Waals surface area (Å²) in [5.74, 6) is 1.02. The zero-order chi connectivity index (χ0) is 18.4. The molecule has 6 nitrogen and oxygen atoms in total. The SMILES string of the molecule is O=C1C[C@@H](C(=O)N2CCc3ccccc32)CN1c1ccc2c(c1)OCCO2. The zero-order valence-electron chi connectivity index (χ0n) is 14.9. The first-order chi connectivity index (χ1) is 13.2. The van der Waals surface area contributed by atoms with E-state index in [9.17, 15) is 9.59 Å². The minimum atomic E-state index is -0.322. The van der Waals surface area contributed by atoms with E-state index in [1.807, 2.05) is 41.3 Å². The van der Waals surface area contributed by atoms with Gasteiger partial charge in [0.25, 0.3) is 0 Å². The number of carbonyl (C=O) groups is 2. The van der Waals surface area contributed by atoms with E-state index in [0.717, 1.165) is 17.8 Å². The number of anilines is 2. The molecule has 0 radical (unpaired) electrons. The van der Waals surface area contributed by atoms with Gasteiger partial charge in [0, 0.05) is 37.0 Å². The van der Waals surface area contributed by atoms with Gasteiger partial charge in [-0.25, -0.2) is 0 Å². The lowest BCUT2D eigenvalue weighted by Crippen LogP contribution is -2.36. The summed E-state index contributed by atoms with van der Waals surface area (Å²) < 4.78 is 11.2. The molecule has 0 spiro atoms. The molecule has 0 aromatic heterocycles. The van der Waals surface area contributed by atoms with E-state index in [0.29, 0.717) is 37.8 Å². The summed E-state index contributed by atoms with van der Waals surface area (Å²) in [6.45, 7) is 2.12. The number of para-hydroxylation sites is 1. The third kappa shape index (κ3) is 2.72. The first kappa shape index (κ1) is 16.2.